The molecule has 1 saturated heterocycles. The summed E-state index contributed by atoms with van der Waals surface area (Å²) in [6, 6.07) is 10.6. The smallest absolute Gasteiger partial charge is 0.381 e. The first kappa shape index (κ1) is 34.8. The van der Waals surface area contributed by atoms with E-state index in [1.165, 1.54) is 4.72 Å². The molecule has 45 heavy (non-hydrogen) atoms. The van der Waals surface area contributed by atoms with Crippen LogP contribution in [0, 0.1) is 23.7 Å². The van der Waals surface area contributed by atoms with Gasteiger partial charge in [0.25, 0.3) is 0 Å². The van der Waals surface area contributed by atoms with Gasteiger partial charge in [-0.05, 0) is 76.1 Å². The fraction of sp³-hybridized carbons (Fsp3) is 0.633. The fourth-order valence-corrected chi connectivity index (χ4v) is 6.33. The van der Waals surface area contributed by atoms with Crippen LogP contribution in [0.25, 0.3) is 11.3 Å². The van der Waals surface area contributed by atoms with Gasteiger partial charge in [-0.2, -0.15) is 18.4 Å². The second-order valence-corrected chi connectivity index (χ2v) is 13.7. The Bertz CT molecular complexity index is 1410. The maximum absolute atomic E-state index is 12.3. The summed E-state index contributed by atoms with van der Waals surface area (Å²) < 4.78 is 72.2. The molecule has 1 atom stereocenters. The predicted octanol–water partition coefficient (Wildman–Crippen LogP) is 4.34. The zero-order chi connectivity index (χ0) is 32.5. The Hall–Kier alpha value is -3.03. The second kappa shape index (κ2) is 15.5. The zero-order valence-electron chi connectivity index (χ0n) is 25.6. The summed E-state index contributed by atoms with van der Waals surface area (Å²) >= 11 is 0. The van der Waals surface area contributed by atoms with E-state index in [1.54, 1.807) is 0 Å². The first-order valence-corrected chi connectivity index (χ1v) is 16.8. The van der Waals surface area contributed by atoms with Crippen molar-refractivity contribution in [2.45, 2.75) is 76.7 Å². The van der Waals surface area contributed by atoms with Crippen LogP contribution in [-0.4, -0.2) is 81.5 Å². The molecule has 3 heterocycles. The lowest BCUT2D eigenvalue weighted by atomic mass is 9.82. The molecule has 2 aromatic heterocycles. The first-order chi connectivity index (χ1) is 21.4. The number of nitriles is 1. The van der Waals surface area contributed by atoms with Crippen molar-refractivity contribution in [3.8, 4) is 17.3 Å². The molecule has 1 aliphatic carbocycles. The summed E-state index contributed by atoms with van der Waals surface area (Å²) in [5.41, 5.74) is 2.32. The number of pyridine rings is 2. The molecule has 11 nitrogen and oxygen atoms in total. The third-order valence-electron chi connectivity index (χ3n) is 8.12. The molecule has 4 N–H and O–H groups in total. The van der Waals surface area contributed by atoms with Crippen molar-refractivity contribution >= 4 is 21.7 Å². The van der Waals surface area contributed by atoms with Crippen LogP contribution in [0.2, 0.25) is 0 Å². The lowest BCUT2D eigenvalue weighted by molar-refractivity contribution is -0.121. The monoisotopic (exact) mass is 653 g/mol. The second-order valence-electron chi connectivity index (χ2n) is 12.0. The number of halogens is 3. The SMILES string of the molecule is Cc1cnc(NC2CCC(N[C@@H](C)COCS(=O)(=O)NCC(F)(F)F)CC2)cc1-c1cccc(NCC2(C#N)CCOCC2)n1. The Kier molecular flexibility index (Phi) is 12.0. The third kappa shape index (κ3) is 11.1. The highest BCUT2D eigenvalue weighted by Gasteiger charge is 2.33. The average Bonchev–Trinajstić information content (AvgIpc) is 3.01. The van der Waals surface area contributed by atoms with Crippen molar-refractivity contribution in [1.82, 2.24) is 20.0 Å². The molecule has 1 aliphatic heterocycles. The predicted molar refractivity (Wildman–Crippen MR) is 165 cm³/mol. The van der Waals surface area contributed by atoms with Crippen LogP contribution in [0.1, 0.15) is 51.0 Å². The van der Waals surface area contributed by atoms with E-state index in [4.69, 9.17) is 14.5 Å². The molecule has 0 radical (unpaired) electrons. The van der Waals surface area contributed by atoms with E-state index < -0.39 is 34.1 Å². The fourth-order valence-electron chi connectivity index (χ4n) is 5.54. The number of alkyl halides is 3. The van der Waals surface area contributed by atoms with Crippen LogP contribution in [0.4, 0.5) is 24.8 Å². The summed E-state index contributed by atoms with van der Waals surface area (Å²) in [5, 5.41) is 20.1. The van der Waals surface area contributed by atoms with E-state index in [0.717, 1.165) is 48.3 Å². The lowest BCUT2D eigenvalue weighted by Crippen LogP contribution is -2.43. The number of anilines is 2. The van der Waals surface area contributed by atoms with Crippen LogP contribution in [0.15, 0.2) is 30.5 Å². The molecule has 15 heteroatoms. The molecule has 0 unspecified atom stereocenters. The van der Waals surface area contributed by atoms with E-state index >= 15 is 0 Å². The Balaban J connectivity index is 1.24. The van der Waals surface area contributed by atoms with Crippen LogP contribution in [0.3, 0.4) is 0 Å². The molecule has 2 aromatic rings. The number of sulfonamides is 1. The van der Waals surface area contributed by atoms with Gasteiger partial charge in [-0.3, -0.25) is 0 Å². The largest absolute Gasteiger partial charge is 0.402 e. The summed E-state index contributed by atoms with van der Waals surface area (Å²) in [4.78, 5) is 9.42. The van der Waals surface area contributed by atoms with Gasteiger partial charge in [0, 0.05) is 49.6 Å². The minimum Gasteiger partial charge on any atom is -0.381 e. The Morgan fingerprint density at radius 3 is 2.56 bits per heavy atom. The van der Waals surface area contributed by atoms with E-state index in [2.05, 4.69) is 27.0 Å². The Morgan fingerprint density at radius 1 is 1.16 bits per heavy atom. The van der Waals surface area contributed by atoms with Crippen LogP contribution >= 0.6 is 0 Å². The van der Waals surface area contributed by atoms with Gasteiger partial charge in [-0.25, -0.2) is 23.1 Å². The normalized spacial score (nSPS) is 21.1. The Labute approximate surface area is 262 Å². The number of hydrogen-bond acceptors (Lipinski definition) is 10. The van der Waals surface area contributed by atoms with Gasteiger partial charge in [0.2, 0.25) is 10.0 Å². The van der Waals surface area contributed by atoms with E-state index in [0.29, 0.717) is 38.4 Å². The van der Waals surface area contributed by atoms with Crippen LogP contribution < -0.4 is 20.7 Å². The van der Waals surface area contributed by atoms with E-state index in [-0.39, 0.29) is 24.7 Å². The summed E-state index contributed by atoms with van der Waals surface area (Å²) in [7, 11) is -4.17. The molecule has 4 rings (SSSR count). The molecule has 2 aliphatic rings. The third-order valence-corrected chi connectivity index (χ3v) is 9.18. The van der Waals surface area contributed by atoms with Crippen LogP contribution in [0.5, 0.6) is 0 Å². The highest BCUT2D eigenvalue weighted by molar-refractivity contribution is 7.89. The number of hydrogen-bond donors (Lipinski definition) is 4. The lowest BCUT2D eigenvalue weighted by Gasteiger charge is -2.32. The summed E-state index contributed by atoms with van der Waals surface area (Å²) in [6.45, 7) is 3.98. The average molecular weight is 654 g/mol. The zero-order valence-corrected chi connectivity index (χ0v) is 26.4. The van der Waals surface area contributed by atoms with Gasteiger partial charge < -0.3 is 25.4 Å². The molecule has 1 saturated carbocycles. The van der Waals surface area contributed by atoms with Crippen molar-refractivity contribution < 1.29 is 31.1 Å². The van der Waals surface area contributed by atoms with Gasteiger partial charge in [0.15, 0.2) is 5.94 Å². The molecular formula is C30H42F3N7O4S. The van der Waals surface area contributed by atoms with Crippen molar-refractivity contribution in [2.24, 2.45) is 5.41 Å². The van der Waals surface area contributed by atoms with E-state index in [9.17, 15) is 26.9 Å². The number of aryl methyl sites for hydroxylation is 1. The van der Waals surface area contributed by atoms with Crippen molar-refractivity contribution in [3.05, 3.63) is 36.0 Å². The van der Waals surface area contributed by atoms with Crippen molar-refractivity contribution in [1.29, 1.82) is 5.26 Å². The highest BCUT2D eigenvalue weighted by atomic mass is 32.2. The van der Waals surface area contributed by atoms with Gasteiger partial charge in [0.05, 0.1) is 23.8 Å². The van der Waals surface area contributed by atoms with Crippen LogP contribution in [-0.2, 0) is 19.5 Å². The topological polar surface area (TPSA) is 150 Å². The highest BCUT2D eigenvalue weighted by Crippen LogP contribution is 2.31. The minimum absolute atomic E-state index is 0.0556. The maximum atomic E-state index is 12.3. The molecule has 0 amide bonds. The summed E-state index contributed by atoms with van der Waals surface area (Å²) in [6.07, 6.45) is 2.17. The standard InChI is InChI=1S/C30H42F3N7O4S/c1-21-15-35-28(14-25(21)26-4-3-5-27(40-26)36-18-29(17-34)10-12-43-13-11-29)39-24-8-6-23(7-9-24)38-22(2)16-44-20-45(41,42)37-19-30(31,32)33/h3-5,14-15,22-24,37-38H,6-13,16,18-20H2,1-2H3,(H,35,39)(H,36,40)/t22-,23?,24?/m0/s1. The van der Waals surface area contributed by atoms with E-state index in [1.807, 2.05) is 44.3 Å². The van der Waals surface area contributed by atoms with Crippen molar-refractivity contribution in [2.75, 3.05) is 49.5 Å². The molecule has 2 fully saturated rings. The van der Waals surface area contributed by atoms with Gasteiger partial charge in [-0.1, -0.05) is 6.07 Å². The molecule has 0 bridgehead atoms. The quantitative estimate of drug-likeness (QED) is 0.232. The Morgan fingerprint density at radius 2 is 1.87 bits per heavy atom. The molecule has 0 spiro atoms. The number of nitrogens with zero attached hydrogens (tertiary/aromatic N) is 3. The maximum Gasteiger partial charge on any atom is 0.402 e. The number of nitrogens with one attached hydrogen (secondary N) is 4. The summed E-state index contributed by atoms with van der Waals surface area (Å²) in [5.74, 6) is 0.648. The molecule has 248 valence electrons. The number of rotatable bonds is 14. The first-order valence-electron chi connectivity index (χ1n) is 15.2. The van der Waals surface area contributed by atoms with Gasteiger partial charge in [0.1, 0.15) is 18.2 Å². The molecular weight excluding hydrogens is 611 g/mol. The molecule has 0 aromatic carbocycles. The number of aromatic nitrogens is 2. The number of ether oxygens (including phenoxy) is 2. The van der Waals surface area contributed by atoms with Crippen molar-refractivity contribution in [3.63, 3.8) is 0 Å². The minimum atomic E-state index is -4.62. The van der Waals surface area contributed by atoms with Gasteiger partial charge >= 0.3 is 6.18 Å². The van der Waals surface area contributed by atoms with Gasteiger partial charge in [-0.15, -0.1) is 0 Å².